The summed E-state index contributed by atoms with van der Waals surface area (Å²) in [6.45, 7) is 9.22. The first-order chi connectivity index (χ1) is 13.0. The Morgan fingerprint density at radius 2 is 1.96 bits per heavy atom. The third-order valence-electron chi connectivity index (χ3n) is 4.88. The zero-order valence-electron chi connectivity index (χ0n) is 16.0. The number of nitrogens with one attached hydrogen (secondary N) is 1. The minimum absolute atomic E-state index is 0.738. The molecule has 4 nitrogen and oxygen atoms in total. The number of furan rings is 1. The molecular weight excluding hydrogens is 354 g/mol. The summed E-state index contributed by atoms with van der Waals surface area (Å²) in [5.74, 6) is 0.957. The monoisotopic (exact) mass is 377 g/mol. The highest BCUT2D eigenvalue weighted by molar-refractivity contribution is 7.14. The number of benzene rings is 1. The molecule has 3 heterocycles. The molecule has 0 atom stereocenters. The van der Waals surface area contributed by atoms with E-state index in [2.05, 4.69) is 67.2 Å². The van der Waals surface area contributed by atoms with Gasteiger partial charge in [0, 0.05) is 28.0 Å². The SMILES string of the molecule is Cc1ccc(C)c(Nc2nc(-c3cc(C)n(Cc4ccco4)c3C)cs2)c1. The molecule has 4 aromatic rings. The number of aromatic nitrogens is 2. The summed E-state index contributed by atoms with van der Waals surface area (Å²) >= 11 is 1.63. The number of hydrogen-bond donors (Lipinski definition) is 1. The van der Waals surface area contributed by atoms with Crippen molar-refractivity contribution in [3.8, 4) is 11.3 Å². The number of rotatable bonds is 5. The topological polar surface area (TPSA) is 43.0 Å². The number of aryl methyl sites for hydroxylation is 3. The minimum Gasteiger partial charge on any atom is -0.467 e. The maximum atomic E-state index is 5.51. The van der Waals surface area contributed by atoms with Gasteiger partial charge in [-0.25, -0.2) is 4.98 Å². The molecule has 3 aromatic heterocycles. The van der Waals surface area contributed by atoms with Crippen molar-refractivity contribution < 1.29 is 4.42 Å². The van der Waals surface area contributed by atoms with Crippen LogP contribution in [0, 0.1) is 27.7 Å². The van der Waals surface area contributed by atoms with Crippen LogP contribution in [0.2, 0.25) is 0 Å². The summed E-state index contributed by atoms with van der Waals surface area (Å²) in [6, 6.07) is 12.6. The number of thiazole rings is 1. The fraction of sp³-hybridized carbons (Fsp3) is 0.227. The molecule has 4 rings (SSSR count). The van der Waals surface area contributed by atoms with Gasteiger partial charge in [0.15, 0.2) is 5.13 Å². The van der Waals surface area contributed by atoms with Crippen molar-refractivity contribution in [3.05, 3.63) is 76.3 Å². The Balaban J connectivity index is 1.61. The van der Waals surface area contributed by atoms with Crippen LogP contribution in [-0.2, 0) is 6.54 Å². The van der Waals surface area contributed by atoms with Gasteiger partial charge in [0.2, 0.25) is 0 Å². The Hall–Kier alpha value is -2.79. The Morgan fingerprint density at radius 1 is 1.11 bits per heavy atom. The van der Waals surface area contributed by atoms with Crippen molar-refractivity contribution in [1.29, 1.82) is 0 Å². The number of anilines is 2. The molecule has 0 bridgehead atoms. The molecule has 5 heteroatoms. The average molecular weight is 378 g/mol. The third-order valence-corrected chi connectivity index (χ3v) is 5.64. The summed E-state index contributed by atoms with van der Waals surface area (Å²) in [5.41, 5.74) is 8.15. The lowest BCUT2D eigenvalue weighted by Crippen LogP contribution is -2.02. The second-order valence-corrected chi connectivity index (χ2v) is 7.79. The lowest BCUT2D eigenvalue weighted by molar-refractivity contribution is 0.489. The van der Waals surface area contributed by atoms with E-state index in [-0.39, 0.29) is 0 Å². The lowest BCUT2D eigenvalue weighted by Gasteiger charge is -2.08. The van der Waals surface area contributed by atoms with Crippen LogP contribution in [0.15, 0.2) is 52.5 Å². The van der Waals surface area contributed by atoms with Crippen molar-refractivity contribution in [3.63, 3.8) is 0 Å². The van der Waals surface area contributed by atoms with Gasteiger partial charge in [0.05, 0.1) is 18.5 Å². The molecule has 0 saturated carbocycles. The van der Waals surface area contributed by atoms with Gasteiger partial charge in [-0.15, -0.1) is 11.3 Å². The molecular formula is C22H23N3OS. The maximum absolute atomic E-state index is 5.51. The summed E-state index contributed by atoms with van der Waals surface area (Å²) in [5, 5.41) is 6.50. The highest BCUT2D eigenvalue weighted by atomic mass is 32.1. The van der Waals surface area contributed by atoms with E-state index in [1.807, 2.05) is 12.1 Å². The maximum Gasteiger partial charge on any atom is 0.187 e. The molecule has 0 unspecified atom stereocenters. The predicted octanol–water partition coefficient (Wildman–Crippen LogP) is 6.23. The predicted molar refractivity (Wildman–Crippen MR) is 112 cm³/mol. The first-order valence-electron chi connectivity index (χ1n) is 9.00. The molecule has 1 N–H and O–H groups in total. The zero-order valence-corrected chi connectivity index (χ0v) is 16.9. The van der Waals surface area contributed by atoms with Gasteiger partial charge in [-0.1, -0.05) is 12.1 Å². The van der Waals surface area contributed by atoms with Crippen LogP contribution < -0.4 is 5.32 Å². The molecule has 0 amide bonds. The van der Waals surface area contributed by atoms with E-state index in [0.717, 1.165) is 28.8 Å². The van der Waals surface area contributed by atoms with Crippen molar-refractivity contribution in [2.24, 2.45) is 0 Å². The summed E-state index contributed by atoms with van der Waals surface area (Å²) in [7, 11) is 0. The van der Waals surface area contributed by atoms with Crippen molar-refractivity contribution in [2.45, 2.75) is 34.2 Å². The van der Waals surface area contributed by atoms with E-state index in [1.165, 1.54) is 28.1 Å². The second kappa shape index (κ2) is 7.08. The smallest absolute Gasteiger partial charge is 0.187 e. The van der Waals surface area contributed by atoms with Crippen LogP contribution in [0.4, 0.5) is 10.8 Å². The normalized spacial score (nSPS) is 11.1. The molecule has 0 aliphatic heterocycles. The number of hydrogen-bond acceptors (Lipinski definition) is 4. The van der Waals surface area contributed by atoms with Gasteiger partial charge >= 0.3 is 0 Å². The van der Waals surface area contributed by atoms with Crippen LogP contribution in [0.25, 0.3) is 11.3 Å². The van der Waals surface area contributed by atoms with Gasteiger partial charge in [-0.05, 0) is 63.1 Å². The molecule has 0 aliphatic rings. The quantitative estimate of drug-likeness (QED) is 0.448. The fourth-order valence-corrected chi connectivity index (χ4v) is 4.03. The van der Waals surface area contributed by atoms with E-state index >= 15 is 0 Å². The van der Waals surface area contributed by atoms with Crippen molar-refractivity contribution >= 4 is 22.2 Å². The first kappa shape index (κ1) is 17.6. The van der Waals surface area contributed by atoms with Crippen LogP contribution in [0.1, 0.15) is 28.3 Å². The molecule has 138 valence electrons. The fourth-order valence-electron chi connectivity index (χ4n) is 3.30. The molecule has 0 saturated heterocycles. The summed E-state index contributed by atoms with van der Waals surface area (Å²) < 4.78 is 7.78. The Labute approximate surface area is 163 Å². The zero-order chi connectivity index (χ0) is 19.0. The van der Waals surface area contributed by atoms with Gasteiger partial charge in [0.1, 0.15) is 5.76 Å². The Bertz CT molecular complexity index is 1070. The first-order valence-corrected chi connectivity index (χ1v) is 9.88. The standard InChI is InChI=1S/C22H23N3OS/c1-14-7-8-15(2)20(10-14)23-22-24-21(13-27-22)19-11-16(3)25(17(19)4)12-18-6-5-9-26-18/h5-11,13H,12H2,1-4H3,(H,23,24). The van der Waals surface area contributed by atoms with Gasteiger partial charge in [-0.2, -0.15) is 0 Å². The highest BCUT2D eigenvalue weighted by Gasteiger charge is 2.15. The molecule has 0 spiro atoms. The largest absolute Gasteiger partial charge is 0.467 e. The summed E-state index contributed by atoms with van der Waals surface area (Å²) in [6.07, 6.45) is 1.72. The van der Waals surface area contributed by atoms with Crippen LogP contribution in [-0.4, -0.2) is 9.55 Å². The average Bonchev–Trinajstić information content (AvgIpc) is 3.36. The van der Waals surface area contributed by atoms with Gasteiger partial charge < -0.3 is 14.3 Å². The van der Waals surface area contributed by atoms with Crippen LogP contribution in [0.5, 0.6) is 0 Å². The molecule has 1 aromatic carbocycles. The summed E-state index contributed by atoms with van der Waals surface area (Å²) in [4.78, 5) is 4.83. The van der Waals surface area contributed by atoms with E-state index < -0.39 is 0 Å². The minimum atomic E-state index is 0.738. The van der Waals surface area contributed by atoms with E-state index in [9.17, 15) is 0 Å². The van der Waals surface area contributed by atoms with E-state index in [0.29, 0.717) is 0 Å². The van der Waals surface area contributed by atoms with E-state index in [4.69, 9.17) is 9.40 Å². The van der Waals surface area contributed by atoms with E-state index in [1.54, 1.807) is 17.6 Å². The Kier molecular flexibility index (Phi) is 4.62. The van der Waals surface area contributed by atoms with Crippen LogP contribution >= 0.6 is 11.3 Å². The third kappa shape index (κ3) is 3.55. The number of nitrogens with zero attached hydrogens (tertiary/aromatic N) is 2. The lowest BCUT2D eigenvalue weighted by atomic mass is 10.1. The Morgan fingerprint density at radius 3 is 2.74 bits per heavy atom. The van der Waals surface area contributed by atoms with Crippen molar-refractivity contribution in [1.82, 2.24) is 9.55 Å². The molecule has 0 radical (unpaired) electrons. The molecule has 0 aliphatic carbocycles. The van der Waals surface area contributed by atoms with Crippen molar-refractivity contribution in [2.75, 3.05) is 5.32 Å². The highest BCUT2D eigenvalue weighted by Crippen LogP contribution is 2.32. The second-order valence-electron chi connectivity index (χ2n) is 6.93. The van der Waals surface area contributed by atoms with Gasteiger partial charge in [0.25, 0.3) is 0 Å². The molecule has 27 heavy (non-hydrogen) atoms. The van der Waals surface area contributed by atoms with Gasteiger partial charge in [-0.3, -0.25) is 0 Å². The molecule has 0 fully saturated rings. The van der Waals surface area contributed by atoms with Crippen LogP contribution in [0.3, 0.4) is 0 Å².